The summed E-state index contributed by atoms with van der Waals surface area (Å²) in [4.78, 5) is 10.6. The molecule has 0 saturated heterocycles. The first-order valence-corrected chi connectivity index (χ1v) is 3.54. The molecule has 0 heterocycles. The maximum absolute atomic E-state index is 11.7. The van der Waals surface area contributed by atoms with Crippen LogP contribution in [-0.4, -0.2) is 12.3 Å². The molecule has 0 bridgehead atoms. The van der Waals surface area contributed by atoms with Crippen LogP contribution in [0.15, 0.2) is 24.3 Å². The van der Waals surface area contributed by atoms with Gasteiger partial charge in [0.2, 0.25) is 5.91 Å². The number of ether oxygens (including phenoxy) is 1. The molecule has 16 heavy (non-hydrogen) atoms. The van der Waals surface area contributed by atoms with Crippen LogP contribution in [0.3, 0.4) is 0 Å². The van der Waals surface area contributed by atoms with Crippen LogP contribution in [0.25, 0.3) is 0 Å². The van der Waals surface area contributed by atoms with Gasteiger partial charge in [-0.15, -0.1) is 38.0 Å². The predicted octanol–water partition coefficient (Wildman–Crippen LogP) is 2.53. The van der Waals surface area contributed by atoms with Gasteiger partial charge < -0.3 is 10.5 Å². The van der Waals surface area contributed by atoms with E-state index in [0.717, 1.165) is 24.3 Å². The summed E-state index contributed by atoms with van der Waals surface area (Å²) in [6, 6.07) is 4.36. The number of carbonyl (C=O) groups excluding carboxylic acids is 1. The van der Waals surface area contributed by atoms with E-state index in [1.165, 1.54) is 0 Å². The van der Waals surface area contributed by atoms with Crippen LogP contribution in [0.5, 0.6) is 5.75 Å². The Balaban J connectivity index is 0. The molecule has 2 N–H and O–H groups in total. The number of halogens is 5. The fourth-order valence-electron chi connectivity index (χ4n) is 0.821. The van der Waals surface area contributed by atoms with Crippen LogP contribution in [-0.2, 0) is 0 Å². The average Bonchev–Trinajstić information content (AvgIpc) is 2.02. The first kappa shape index (κ1) is 17.3. The summed E-state index contributed by atoms with van der Waals surface area (Å²) in [5.41, 5.74) is 5.01. The fourth-order valence-corrected chi connectivity index (χ4v) is 0.821. The number of hydrogen-bond acceptors (Lipinski definition) is 2. The van der Waals surface area contributed by atoms with Crippen molar-refractivity contribution in [3.8, 4) is 5.75 Å². The van der Waals surface area contributed by atoms with E-state index in [2.05, 4.69) is 4.74 Å². The van der Waals surface area contributed by atoms with Gasteiger partial charge in [-0.2, -0.15) is 0 Å². The molecule has 1 aromatic rings. The van der Waals surface area contributed by atoms with Crippen molar-refractivity contribution in [2.75, 3.05) is 0 Å². The van der Waals surface area contributed by atoms with Crippen molar-refractivity contribution in [3.05, 3.63) is 29.8 Å². The molecule has 1 aromatic carbocycles. The SMILES string of the molecule is Cl.Cl.NC(=O)c1ccc(OC(F)(F)F)cc1. The largest absolute Gasteiger partial charge is 0.573 e. The third-order valence-electron chi connectivity index (χ3n) is 1.37. The highest BCUT2D eigenvalue weighted by Crippen LogP contribution is 2.22. The standard InChI is InChI=1S/C8H6F3NO2.2ClH/c9-8(10,11)14-6-3-1-5(2-4-6)7(12)13;;/h1-4H,(H2,12,13);2*1H. The van der Waals surface area contributed by atoms with E-state index in [4.69, 9.17) is 5.73 Å². The number of hydrogen-bond donors (Lipinski definition) is 1. The molecule has 0 spiro atoms. The van der Waals surface area contributed by atoms with Gasteiger partial charge in [-0.05, 0) is 24.3 Å². The van der Waals surface area contributed by atoms with Crippen LogP contribution >= 0.6 is 24.8 Å². The molecule has 0 aromatic heterocycles. The van der Waals surface area contributed by atoms with E-state index >= 15 is 0 Å². The Morgan fingerprint density at radius 1 is 1.12 bits per heavy atom. The van der Waals surface area contributed by atoms with Crippen LogP contribution in [0.1, 0.15) is 10.4 Å². The van der Waals surface area contributed by atoms with Crippen molar-refractivity contribution in [2.24, 2.45) is 5.73 Å². The van der Waals surface area contributed by atoms with Crippen LogP contribution in [0.4, 0.5) is 13.2 Å². The quantitative estimate of drug-likeness (QED) is 0.903. The highest BCUT2D eigenvalue weighted by Gasteiger charge is 2.30. The zero-order valence-corrected chi connectivity index (χ0v) is 9.29. The van der Waals surface area contributed by atoms with Crippen LogP contribution < -0.4 is 10.5 Å². The predicted molar refractivity (Wildman–Crippen MR) is 56.1 cm³/mol. The van der Waals surface area contributed by atoms with Crippen molar-refractivity contribution in [1.82, 2.24) is 0 Å². The minimum atomic E-state index is -4.73. The number of benzene rings is 1. The van der Waals surface area contributed by atoms with Crippen molar-refractivity contribution in [3.63, 3.8) is 0 Å². The van der Waals surface area contributed by atoms with Crippen molar-refractivity contribution in [2.45, 2.75) is 6.36 Å². The van der Waals surface area contributed by atoms with Gasteiger partial charge in [0, 0.05) is 5.56 Å². The molecule has 0 unspecified atom stereocenters. The van der Waals surface area contributed by atoms with Crippen LogP contribution in [0.2, 0.25) is 0 Å². The Labute approximate surface area is 102 Å². The van der Waals surface area contributed by atoms with Crippen molar-refractivity contribution in [1.29, 1.82) is 0 Å². The molecule has 1 amide bonds. The number of alkyl halides is 3. The average molecular weight is 278 g/mol. The Morgan fingerprint density at radius 3 is 1.88 bits per heavy atom. The molecule has 0 aliphatic heterocycles. The van der Waals surface area contributed by atoms with Gasteiger partial charge in [-0.1, -0.05) is 0 Å². The summed E-state index contributed by atoms with van der Waals surface area (Å²) < 4.78 is 38.6. The van der Waals surface area contributed by atoms with Crippen molar-refractivity contribution >= 4 is 30.7 Å². The van der Waals surface area contributed by atoms with Gasteiger partial charge in [0.25, 0.3) is 0 Å². The van der Waals surface area contributed by atoms with Gasteiger partial charge in [-0.25, -0.2) is 0 Å². The number of carbonyl (C=O) groups is 1. The second kappa shape index (κ2) is 6.44. The van der Waals surface area contributed by atoms with E-state index in [1.54, 1.807) is 0 Å². The summed E-state index contributed by atoms with van der Waals surface area (Å²) in [7, 11) is 0. The van der Waals surface area contributed by atoms with Gasteiger partial charge in [0.05, 0.1) is 0 Å². The normalized spacial score (nSPS) is 9.69. The molecule has 8 heteroatoms. The van der Waals surface area contributed by atoms with E-state index in [9.17, 15) is 18.0 Å². The maximum Gasteiger partial charge on any atom is 0.573 e. The monoisotopic (exact) mass is 277 g/mol. The highest BCUT2D eigenvalue weighted by molar-refractivity contribution is 5.92. The topological polar surface area (TPSA) is 52.3 Å². The minimum Gasteiger partial charge on any atom is -0.406 e. The third kappa shape index (κ3) is 5.67. The molecule has 0 fully saturated rings. The summed E-state index contributed by atoms with van der Waals surface area (Å²) in [6.45, 7) is 0. The molecule has 1 rings (SSSR count). The molecule has 0 aliphatic rings. The number of amides is 1. The Hall–Kier alpha value is -1.14. The lowest BCUT2D eigenvalue weighted by Crippen LogP contribution is -2.17. The molecular weight excluding hydrogens is 270 g/mol. The van der Waals surface area contributed by atoms with Crippen molar-refractivity contribution < 1.29 is 22.7 Å². The molecule has 0 saturated carbocycles. The summed E-state index contributed by atoms with van der Waals surface area (Å²) in [5.74, 6) is -1.09. The maximum atomic E-state index is 11.7. The fraction of sp³-hybridized carbons (Fsp3) is 0.125. The number of nitrogens with two attached hydrogens (primary N) is 1. The molecule has 3 nitrogen and oxygen atoms in total. The Kier molecular flexibility index (Phi) is 6.95. The lowest BCUT2D eigenvalue weighted by Gasteiger charge is -2.08. The van der Waals surface area contributed by atoms with Gasteiger partial charge in [0.15, 0.2) is 0 Å². The van der Waals surface area contributed by atoms with Gasteiger partial charge >= 0.3 is 6.36 Å². The Morgan fingerprint density at radius 2 is 1.56 bits per heavy atom. The van der Waals surface area contributed by atoms with E-state index in [0.29, 0.717) is 0 Å². The van der Waals surface area contributed by atoms with E-state index < -0.39 is 12.3 Å². The molecule has 92 valence electrons. The second-order valence-corrected chi connectivity index (χ2v) is 2.44. The summed E-state index contributed by atoms with van der Waals surface area (Å²) in [6.07, 6.45) is -4.73. The molecule has 0 aliphatic carbocycles. The highest BCUT2D eigenvalue weighted by atomic mass is 35.5. The lowest BCUT2D eigenvalue weighted by molar-refractivity contribution is -0.274. The first-order valence-electron chi connectivity index (χ1n) is 3.54. The Bertz CT molecular complexity index is 340. The number of primary amides is 1. The zero-order chi connectivity index (χ0) is 10.8. The molecule has 0 radical (unpaired) electrons. The van der Waals surface area contributed by atoms with Gasteiger partial charge in [-0.3, -0.25) is 4.79 Å². The minimum absolute atomic E-state index is 0. The zero-order valence-electron chi connectivity index (χ0n) is 7.65. The third-order valence-corrected chi connectivity index (χ3v) is 1.37. The second-order valence-electron chi connectivity index (χ2n) is 2.44. The summed E-state index contributed by atoms with van der Waals surface area (Å²) in [5, 5.41) is 0. The lowest BCUT2D eigenvalue weighted by atomic mass is 10.2. The van der Waals surface area contributed by atoms with Gasteiger partial charge in [0.1, 0.15) is 5.75 Å². The first-order chi connectivity index (χ1) is 6.38. The van der Waals surface area contributed by atoms with E-state index in [1.807, 2.05) is 0 Å². The summed E-state index contributed by atoms with van der Waals surface area (Å²) >= 11 is 0. The number of rotatable bonds is 2. The molecule has 0 atom stereocenters. The molecular formula is C8H8Cl2F3NO2. The van der Waals surface area contributed by atoms with Crippen LogP contribution in [0, 0.1) is 0 Å². The smallest absolute Gasteiger partial charge is 0.406 e. The van der Waals surface area contributed by atoms with E-state index in [-0.39, 0.29) is 36.1 Å².